The Balaban J connectivity index is 2.11. The first-order valence-electron chi connectivity index (χ1n) is 8.03. The van der Waals surface area contributed by atoms with E-state index >= 15 is 0 Å². The minimum Gasteiger partial charge on any atom is -0.350 e. The molecule has 0 fully saturated rings. The number of hydrogen-bond donors (Lipinski definition) is 1. The van der Waals surface area contributed by atoms with Crippen molar-refractivity contribution in [3.8, 4) is 0 Å². The topological polar surface area (TPSA) is 66.5 Å². The number of rotatable bonds is 6. The molecule has 0 aliphatic rings. The number of carbonyl (C=O) groups excluding carboxylic acids is 1. The fraction of sp³-hybridized carbons (Fsp3) is 0.316. The van der Waals surface area contributed by atoms with Gasteiger partial charge in [-0.1, -0.05) is 35.9 Å². The first-order valence-corrected chi connectivity index (χ1v) is 9.88. The van der Waals surface area contributed by atoms with Crippen molar-refractivity contribution in [3.63, 3.8) is 0 Å². The maximum atomic E-state index is 12.3. The Morgan fingerprint density at radius 2 is 1.52 bits per heavy atom. The molecule has 0 bridgehead atoms. The van der Waals surface area contributed by atoms with Gasteiger partial charge >= 0.3 is 0 Å². The highest BCUT2D eigenvalue weighted by Crippen LogP contribution is 2.21. The van der Waals surface area contributed by atoms with Crippen molar-refractivity contribution < 1.29 is 13.2 Å². The highest BCUT2D eigenvalue weighted by Gasteiger charge is 2.21. The minimum absolute atomic E-state index is 0.242. The van der Waals surface area contributed by atoms with Crippen LogP contribution in [-0.2, 0) is 21.4 Å². The molecule has 2 aromatic carbocycles. The Bertz CT molecular complexity index is 838. The molecule has 1 amide bonds. The monoisotopic (exact) mass is 360 g/mol. The lowest BCUT2D eigenvalue weighted by molar-refractivity contribution is -0.119. The van der Waals surface area contributed by atoms with Crippen LogP contribution in [0.1, 0.15) is 22.3 Å². The van der Waals surface area contributed by atoms with Gasteiger partial charge in [-0.2, -0.15) is 0 Å². The molecule has 0 aromatic heterocycles. The van der Waals surface area contributed by atoms with E-state index in [-0.39, 0.29) is 12.5 Å². The van der Waals surface area contributed by atoms with Gasteiger partial charge in [0.15, 0.2) is 0 Å². The smallest absolute Gasteiger partial charge is 0.241 e. The lowest BCUT2D eigenvalue weighted by Gasteiger charge is -2.22. The van der Waals surface area contributed by atoms with Crippen molar-refractivity contribution in [1.82, 2.24) is 5.32 Å². The van der Waals surface area contributed by atoms with Crippen LogP contribution in [0.25, 0.3) is 0 Å². The number of hydrogen-bond acceptors (Lipinski definition) is 3. The summed E-state index contributed by atoms with van der Waals surface area (Å²) in [4.78, 5) is 12.3. The van der Waals surface area contributed by atoms with Crippen molar-refractivity contribution in [3.05, 3.63) is 64.7 Å². The largest absolute Gasteiger partial charge is 0.350 e. The van der Waals surface area contributed by atoms with Gasteiger partial charge in [-0.25, -0.2) is 8.42 Å². The van der Waals surface area contributed by atoms with Gasteiger partial charge in [0.2, 0.25) is 15.9 Å². The molecule has 0 aliphatic carbocycles. The average molecular weight is 360 g/mol. The molecule has 5 nitrogen and oxygen atoms in total. The molecule has 0 radical (unpaired) electrons. The highest BCUT2D eigenvalue weighted by molar-refractivity contribution is 7.92. The van der Waals surface area contributed by atoms with Crippen LogP contribution >= 0.6 is 0 Å². The Hall–Kier alpha value is -2.34. The lowest BCUT2D eigenvalue weighted by atomic mass is 10.1. The zero-order valence-corrected chi connectivity index (χ0v) is 15.9. The van der Waals surface area contributed by atoms with Crippen molar-refractivity contribution >= 4 is 21.6 Å². The first-order chi connectivity index (χ1) is 11.6. The van der Waals surface area contributed by atoms with E-state index in [1.807, 2.05) is 51.1 Å². The van der Waals surface area contributed by atoms with Gasteiger partial charge in [-0.3, -0.25) is 9.10 Å². The fourth-order valence-electron chi connectivity index (χ4n) is 2.59. The third-order valence-corrected chi connectivity index (χ3v) is 4.93. The summed E-state index contributed by atoms with van der Waals surface area (Å²) in [5.74, 6) is -0.342. The van der Waals surface area contributed by atoms with Crippen LogP contribution < -0.4 is 9.62 Å². The summed E-state index contributed by atoms with van der Waals surface area (Å²) < 4.78 is 25.4. The second kappa shape index (κ2) is 7.70. The molecule has 0 saturated heterocycles. The third-order valence-electron chi connectivity index (χ3n) is 3.79. The standard InChI is InChI=1S/C19H24N2O3S/c1-14-5-7-17(8-6-14)12-20-19(22)13-21(25(4,23)24)18-10-15(2)9-16(3)11-18/h5-11H,12-13H2,1-4H3,(H,20,22). The van der Waals surface area contributed by atoms with Crippen LogP contribution in [0.3, 0.4) is 0 Å². The second-order valence-electron chi connectivity index (χ2n) is 6.38. The van der Waals surface area contributed by atoms with Gasteiger partial charge < -0.3 is 5.32 Å². The minimum atomic E-state index is -3.56. The van der Waals surface area contributed by atoms with E-state index in [0.717, 1.165) is 32.8 Å². The number of amides is 1. The summed E-state index contributed by atoms with van der Waals surface area (Å²) >= 11 is 0. The molecule has 0 heterocycles. The van der Waals surface area contributed by atoms with Crippen molar-refractivity contribution in [2.24, 2.45) is 0 Å². The average Bonchev–Trinajstić information content (AvgIpc) is 2.50. The first kappa shape index (κ1) is 19.0. The van der Waals surface area contributed by atoms with Crippen LogP contribution in [0, 0.1) is 20.8 Å². The highest BCUT2D eigenvalue weighted by atomic mass is 32.2. The summed E-state index contributed by atoms with van der Waals surface area (Å²) in [6.45, 7) is 5.91. The lowest BCUT2D eigenvalue weighted by Crippen LogP contribution is -2.40. The van der Waals surface area contributed by atoms with E-state index in [9.17, 15) is 13.2 Å². The van der Waals surface area contributed by atoms with Crippen LogP contribution in [0.4, 0.5) is 5.69 Å². The van der Waals surface area contributed by atoms with E-state index in [4.69, 9.17) is 0 Å². The van der Waals surface area contributed by atoms with Crippen LogP contribution in [0.15, 0.2) is 42.5 Å². The molecule has 0 saturated carbocycles. The SMILES string of the molecule is Cc1ccc(CNC(=O)CN(c2cc(C)cc(C)c2)S(C)(=O)=O)cc1. The Morgan fingerprint density at radius 1 is 0.960 bits per heavy atom. The van der Waals surface area contributed by atoms with E-state index in [0.29, 0.717) is 12.2 Å². The Morgan fingerprint density at radius 3 is 2.04 bits per heavy atom. The fourth-order valence-corrected chi connectivity index (χ4v) is 3.43. The molecular formula is C19H24N2O3S. The maximum Gasteiger partial charge on any atom is 0.241 e. The van der Waals surface area contributed by atoms with Gasteiger partial charge in [-0.05, 0) is 49.6 Å². The molecule has 6 heteroatoms. The molecule has 0 spiro atoms. The maximum absolute atomic E-state index is 12.3. The zero-order valence-electron chi connectivity index (χ0n) is 15.0. The molecule has 0 aliphatic heterocycles. The van der Waals surface area contributed by atoms with Gasteiger partial charge in [0.25, 0.3) is 0 Å². The quantitative estimate of drug-likeness (QED) is 0.861. The van der Waals surface area contributed by atoms with E-state index in [1.165, 1.54) is 0 Å². The van der Waals surface area contributed by atoms with Crippen molar-refractivity contribution in [1.29, 1.82) is 0 Å². The van der Waals surface area contributed by atoms with Crippen LogP contribution in [-0.4, -0.2) is 27.1 Å². The number of sulfonamides is 1. The van der Waals surface area contributed by atoms with Gasteiger partial charge in [-0.15, -0.1) is 0 Å². The third kappa shape index (κ3) is 5.60. The van der Waals surface area contributed by atoms with Crippen LogP contribution in [0.2, 0.25) is 0 Å². The number of carbonyl (C=O) groups is 1. The Kier molecular flexibility index (Phi) is 5.85. The number of nitrogens with one attached hydrogen (secondary N) is 1. The van der Waals surface area contributed by atoms with E-state index in [2.05, 4.69) is 5.32 Å². The molecule has 25 heavy (non-hydrogen) atoms. The van der Waals surface area contributed by atoms with E-state index < -0.39 is 10.0 Å². The number of aryl methyl sites for hydroxylation is 3. The zero-order chi connectivity index (χ0) is 18.6. The van der Waals surface area contributed by atoms with Gasteiger partial charge in [0.05, 0.1) is 11.9 Å². The number of nitrogens with zero attached hydrogens (tertiary/aromatic N) is 1. The summed E-state index contributed by atoms with van der Waals surface area (Å²) in [5, 5.41) is 2.77. The van der Waals surface area contributed by atoms with Crippen molar-refractivity contribution in [2.45, 2.75) is 27.3 Å². The summed E-state index contributed by atoms with van der Waals surface area (Å²) in [6.07, 6.45) is 1.11. The predicted octanol–water partition coefficient (Wildman–Crippen LogP) is 2.69. The number of anilines is 1. The predicted molar refractivity (Wildman–Crippen MR) is 101 cm³/mol. The molecule has 2 aromatic rings. The molecular weight excluding hydrogens is 336 g/mol. The van der Waals surface area contributed by atoms with Crippen molar-refractivity contribution in [2.75, 3.05) is 17.1 Å². The molecule has 0 atom stereocenters. The second-order valence-corrected chi connectivity index (χ2v) is 8.28. The molecule has 134 valence electrons. The Labute approximate surface area is 149 Å². The molecule has 0 unspecified atom stereocenters. The van der Waals surface area contributed by atoms with Crippen LogP contribution in [0.5, 0.6) is 0 Å². The summed E-state index contributed by atoms with van der Waals surface area (Å²) in [6, 6.07) is 13.3. The molecule has 2 rings (SSSR count). The van der Waals surface area contributed by atoms with E-state index in [1.54, 1.807) is 12.1 Å². The summed E-state index contributed by atoms with van der Waals surface area (Å²) in [7, 11) is -3.56. The molecule has 1 N–H and O–H groups in total. The number of benzene rings is 2. The normalized spacial score (nSPS) is 11.2. The van der Waals surface area contributed by atoms with Gasteiger partial charge in [0.1, 0.15) is 6.54 Å². The van der Waals surface area contributed by atoms with Gasteiger partial charge in [0, 0.05) is 6.54 Å². The summed E-state index contributed by atoms with van der Waals surface area (Å²) in [5.41, 5.74) is 4.52.